The van der Waals surface area contributed by atoms with Gasteiger partial charge in [-0.05, 0) is 30.1 Å². The van der Waals surface area contributed by atoms with Gasteiger partial charge in [-0.15, -0.1) is 5.10 Å². The Kier molecular flexibility index (Phi) is 4.65. The van der Waals surface area contributed by atoms with Gasteiger partial charge in [0.2, 0.25) is 0 Å². The molecule has 0 atom stereocenters. The first-order valence-corrected chi connectivity index (χ1v) is 6.95. The first-order chi connectivity index (χ1) is 9.63. The Bertz CT molecular complexity index is 644. The van der Waals surface area contributed by atoms with Gasteiger partial charge in [0, 0.05) is 0 Å². The maximum absolute atomic E-state index is 11.9. The topological polar surface area (TPSA) is 84.0 Å². The highest BCUT2D eigenvalue weighted by Crippen LogP contribution is 2.14. The number of hydrazine groups is 1. The largest absolute Gasteiger partial charge is 0.283 e. The lowest BCUT2D eigenvalue weighted by Crippen LogP contribution is -2.41. The van der Waals surface area contributed by atoms with Crippen molar-refractivity contribution in [3.8, 4) is 0 Å². The van der Waals surface area contributed by atoms with Crippen LogP contribution >= 0.6 is 23.1 Å². The van der Waals surface area contributed by atoms with E-state index in [9.17, 15) is 9.59 Å². The fraction of sp³-hybridized carbons (Fsp3) is 0.167. The Morgan fingerprint density at radius 2 is 1.95 bits per heavy atom. The van der Waals surface area contributed by atoms with E-state index in [2.05, 4.69) is 20.4 Å². The van der Waals surface area contributed by atoms with Crippen LogP contribution in [0.5, 0.6) is 0 Å². The molecule has 0 fully saturated rings. The van der Waals surface area contributed by atoms with Crippen LogP contribution in [0.2, 0.25) is 5.02 Å². The summed E-state index contributed by atoms with van der Waals surface area (Å²) in [7, 11) is 0. The zero-order valence-corrected chi connectivity index (χ0v) is 12.1. The molecule has 2 aromatic rings. The highest BCUT2D eigenvalue weighted by Gasteiger charge is 2.16. The molecule has 0 radical (unpaired) electrons. The highest BCUT2D eigenvalue weighted by molar-refractivity contribution is 7.08. The Balaban J connectivity index is 2.01. The predicted molar refractivity (Wildman–Crippen MR) is 75.7 cm³/mol. The molecule has 2 N–H and O–H groups in total. The van der Waals surface area contributed by atoms with Crippen molar-refractivity contribution in [3.63, 3.8) is 0 Å². The maximum atomic E-state index is 11.9. The number of nitrogens with zero attached hydrogens (tertiary/aromatic N) is 2. The fourth-order valence-corrected chi connectivity index (χ4v) is 2.36. The van der Waals surface area contributed by atoms with Crippen molar-refractivity contribution in [2.24, 2.45) is 0 Å². The molecule has 0 saturated carbocycles. The molecule has 0 bridgehead atoms. The van der Waals surface area contributed by atoms with Gasteiger partial charge in [-0.3, -0.25) is 20.4 Å². The number of hydrogen-bond donors (Lipinski definition) is 2. The summed E-state index contributed by atoms with van der Waals surface area (Å²) in [5, 5.41) is 4.14. The normalized spacial score (nSPS) is 10.1. The summed E-state index contributed by atoms with van der Waals surface area (Å²) in [5.74, 6) is -0.934. The molecule has 0 aliphatic rings. The summed E-state index contributed by atoms with van der Waals surface area (Å²) in [5.41, 5.74) is 5.51. The molecule has 8 heteroatoms. The Morgan fingerprint density at radius 3 is 2.65 bits per heavy atom. The number of amides is 2. The minimum atomic E-state index is -0.487. The van der Waals surface area contributed by atoms with Crippen molar-refractivity contribution in [2.75, 3.05) is 0 Å². The van der Waals surface area contributed by atoms with Crippen molar-refractivity contribution in [2.45, 2.75) is 13.3 Å². The number of hydrogen-bond acceptors (Lipinski definition) is 5. The van der Waals surface area contributed by atoms with Crippen LogP contribution in [0.15, 0.2) is 24.3 Å². The molecule has 0 spiro atoms. The third-order valence-corrected chi connectivity index (χ3v) is 3.60. The van der Waals surface area contributed by atoms with Crippen molar-refractivity contribution in [1.82, 2.24) is 20.4 Å². The number of benzene rings is 1. The van der Waals surface area contributed by atoms with E-state index in [1.807, 2.05) is 6.92 Å². The van der Waals surface area contributed by atoms with E-state index in [1.54, 1.807) is 24.3 Å². The van der Waals surface area contributed by atoms with E-state index in [0.717, 1.165) is 11.5 Å². The zero-order valence-electron chi connectivity index (χ0n) is 10.5. The number of rotatable bonds is 3. The number of nitrogens with one attached hydrogen (secondary N) is 2. The van der Waals surface area contributed by atoms with Crippen molar-refractivity contribution < 1.29 is 9.59 Å². The molecule has 0 saturated heterocycles. The van der Waals surface area contributed by atoms with Crippen LogP contribution in [-0.4, -0.2) is 21.4 Å². The Hall–Kier alpha value is -1.99. The minimum absolute atomic E-state index is 0.285. The van der Waals surface area contributed by atoms with Gasteiger partial charge in [0.15, 0.2) is 0 Å². The Labute approximate surface area is 124 Å². The maximum Gasteiger partial charge on any atom is 0.283 e. The first kappa shape index (κ1) is 14.4. The molecule has 1 heterocycles. The molecule has 6 nitrogen and oxygen atoms in total. The van der Waals surface area contributed by atoms with E-state index in [-0.39, 0.29) is 5.56 Å². The van der Waals surface area contributed by atoms with Crippen LogP contribution in [-0.2, 0) is 6.42 Å². The molecule has 104 valence electrons. The average Bonchev–Trinajstić information content (AvgIpc) is 2.93. The van der Waals surface area contributed by atoms with Gasteiger partial charge in [0.1, 0.15) is 4.88 Å². The van der Waals surface area contributed by atoms with Gasteiger partial charge in [-0.2, -0.15) is 0 Å². The summed E-state index contributed by atoms with van der Waals surface area (Å²) in [6, 6.07) is 6.56. The molecule has 0 aliphatic carbocycles. The zero-order chi connectivity index (χ0) is 14.5. The molecular weight excluding hydrogens is 300 g/mol. The molecule has 2 rings (SSSR count). The van der Waals surface area contributed by atoms with Crippen LogP contribution in [0.3, 0.4) is 0 Å². The SMILES string of the molecule is CCc1nnsc1C(=O)NNC(=O)c1ccccc1Cl. The smallest absolute Gasteiger partial charge is 0.267 e. The van der Waals surface area contributed by atoms with Crippen molar-refractivity contribution in [3.05, 3.63) is 45.4 Å². The van der Waals surface area contributed by atoms with Crippen molar-refractivity contribution >= 4 is 34.9 Å². The third kappa shape index (κ3) is 3.12. The van der Waals surface area contributed by atoms with Gasteiger partial charge in [-0.25, -0.2) is 0 Å². The summed E-state index contributed by atoms with van der Waals surface area (Å²) < 4.78 is 3.71. The molecule has 20 heavy (non-hydrogen) atoms. The number of carbonyl (C=O) groups excluding carboxylic acids is 2. The van der Waals surface area contributed by atoms with Gasteiger partial charge >= 0.3 is 0 Å². The first-order valence-electron chi connectivity index (χ1n) is 5.80. The van der Waals surface area contributed by atoms with Gasteiger partial charge in [0.05, 0.1) is 16.3 Å². The van der Waals surface area contributed by atoms with Gasteiger partial charge < -0.3 is 0 Å². The van der Waals surface area contributed by atoms with E-state index in [0.29, 0.717) is 22.0 Å². The number of carbonyl (C=O) groups is 2. The predicted octanol–water partition coefficient (Wildman–Crippen LogP) is 1.83. The van der Waals surface area contributed by atoms with E-state index < -0.39 is 11.8 Å². The lowest BCUT2D eigenvalue weighted by Gasteiger charge is -2.07. The summed E-state index contributed by atoms with van der Waals surface area (Å²) in [4.78, 5) is 24.1. The lowest BCUT2D eigenvalue weighted by atomic mass is 10.2. The second-order valence-electron chi connectivity index (χ2n) is 3.79. The van der Waals surface area contributed by atoms with E-state index in [1.165, 1.54) is 0 Å². The van der Waals surface area contributed by atoms with Crippen LogP contribution in [0, 0.1) is 0 Å². The second kappa shape index (κ2) is 6.44. The molecule has 1 aromatic carbocycles. The quantitative estimate of drug-likeness (QED) is 0.847. The van der Waals surface area contributed by atoms with Crippen LogP contribution < -0.4 is 10.9 Å². The molecule has 0 aliphatic heterocycles. The van der Waals surface area contributed by atoms with Crippen LogP contribution in [0.25, 0.3) is 0 Å². The number of aromatic nitrogens is 2. The molecule has 1 aromatic heterocycles. The number of aryl methyl sites for hydroxylation is 1. The average molecular weight is 311 g/mol. The fourth-order valence-electron chi connectivity index (χ4n) is 1.50. The molecular formula is C12H11ClN4O2S. The second-order valence-corrected chi connectivity index (χ2v) is 4.95. The van der Waals surface area contributed by atoms with E-state index >= 15 is 0 Å². The monoisotopic (exact) mass is 310 g/mol. The highest BCUT2D eigenvalue weighted by atomic mass is 35.5. The Morgan fingerprint density at radius 1 is 1.25 bits per heavy atom. The summed E-state index contributed by atoms with van der Waals surface area (Å²) >= 11 is 6.87. The van der Waals surface area contributed by atoms with E-state index in [4.69, 9.17) is 11.6 Å². The van der Waals surface area contributed by atoms with Gasteiger partial charge in [0.25, 0.3) is 11.8 Å². The van der Waals surface area contributed by atoms with Crippen LogP contribution in [0.1, 0.15) is 32.6 Å². The molecule has 2 amide bonds. The number of halogens is 1. The third-order valence-electron chi connectivity index (χ3n) is 2.50. The molecule has 0 unspecified atom stereocenters. The standard InChI is InChI=1S/C12H11ClN4O2S/c1-2-9-10(20-17-14-9)12(19)16-15-11(18)7-5-3-4-6-8(7)13/h3-6H,2H2,1H3,(H,15,18)(H,16,19). The minimum Gasteiger partial charge on any atom is -0.267 e. The lowest BCUT2D eigenvalue weighted by molar-refractivity contribution is 0.0848. The summed E-state index contributed by atoms with van der Waals surface area (Å²) in [6.45, 7) is 1.87. The van der Waals surface area contributed by atoms with Crippen LogP contribution in [0.4, 0.5) is 0 Å². The van der Waals surface area contributed by atoms with Gasteiger partial charge in [-0.1, -0.05) is 35.1 Å². The summed E-state index contributed by atoms with van der Waals surface area (Å²) in [6.07, 6.45) is 0.595. The van der Waals surface area contributed by atoms with Crippen molar-refractivity contribution in [1.29, 1.82) is 0 Å².